The summed E-state index contributed by atoms with van der Waals surface area (Å²) in [5, 5.41) is 20.0. The number of aromatic hydroxyl groups is 1. The van der Waals surface area contributed by atoms with Crippen LogP contribution in [0.4, 0.5) is 0 Å². The largest absolute Gasteiger partial charge is 0.494 e. The summed E-state index contributed by atoms with van der Waals surface area (Å²) >= 11 is 5.94. The molecule has 7 heteroatoms. The normalized spacial score (nSPS) is 10.4. The number of hydrogen-bond acceptors (Lipinski definition) is 5. The minimum absolute atomic E-state index is 0.0799. The second-order valence-corrected chi connectivity index (χ2v) is 5.89. The van der Waals surface area contributed by atoms with Gasteiger partial charge in [0.2, 0.25) is 11.7 Å². The Balaban J connectivity index is 2.37. The van der Waals surface area contributed by atoms with Gasteiger partial charge >= 0.3 is 0 Å². The van der Waals surface area contributed by atoms with Crippen LogP contribution >= 0.6 is 11.6 Å². The lowest BCUT2D eigenvalue weighted by Crippen LogP contribution is -2.27. The first kappa shape index (κ1) is 18.6. The molecule has 0 atom stereocenters. The van der Waals surface area contributed by atoms with Gasteiger partial charge in [0, 0.05) is 11.6 Å². The van der Waals surface area contributed by atoms with Gasteiger partial charge in [-0.05, 0) is 50.1 Å². The number of rotatable bonds is 5. The Kier molecular flexibility index (Phi) is 5.50. The first-order chi connectivity index (χ1) is 11.8. The van der Waals surface area contributed by atoms with Gasteiger partial charge in [-0.3, -0.25) is 14.2 Å². The molecule has 2 rings (SSSR count). The molecule has 2 aromatic rings. The van der Waals surface area contributed by atoms with Crippen LogP contribution in [0.2, 0.25) is 5.02 Å². The summed E-state index contributed by atoms with van der Waals surface area (Å²) < 4.78 is 6.45. The molecule has 0 unspecified atom stereocenters. The van der Waals surface area contributed by atoms with E-state index < -0.39 is 17.2 Å². The Morgan fingerprint density at radius 1 is 1.40 bits per heavy atom. The van der Waals surface area contributed by atoms with E-state index in [1.807, 2.05) is 6.92 Å². The first-order valence-corrected chi connectivity index (χ1v) is 7.98. The highest BCUT2D eigenvalue weighted by Gasteiger charge is 2.23. The van der Waals surface area contributed by atoms with E-state index in [0.717, 1.165) is 10.1 Å². The molecule has 1 aromatic heterocycles. The third kappa shape index (κ3) is 3.52. The molecular formula is C18H17ClN2O4. The number of pyridine rings is 1. The van der Waals surface area contributed by atoms with E-state index in [9.17, 15) is 20.0 Å². The Hall–Kier alpha value is -2.78. The number of ketones is 1. The van der Waals surface area contributed by atoms with E-state index in [1.165, 1.54) is 6.92 Å². The lowest BCUT2D eigenvalue weighted by molar-refractivity contribution is 0.0916. The molecular weight excluding hydrogens is 344 g/mol. The molecule has 0 amide bonds. The van der Waals surface area contributed by atoms with Gasteiger partial charge < -0.3 is 9.84 Å². The third-order valence-corrected chi connectivity index (χ3v) is 4.32. The van der Waals surface area contributed by atoms with Gasteiger partial charge in [-0.25, -0.2) is 0 Å². The Morgan fingerprint density at radius 2 is 2.08 bits per heavy atom. The van der Waals surface area contributed by atoms with Crippen LogP contribution in [0.3, 0.4) is 0 Å². The highest BCUT2D eigenvalue weighted by Crippen LogP contribution is 2.24. The molecule has 1 N–H and O–H groups in total. The number of halogens is 1. The molecule has 0 fully saturated rings. The van der Waals surface area contributed by atoms with E-state index in [0.29, 0.717) is 10.8 Å². The van der Waals surface area contributed by atoms with E-state index >= 15 is 0 Å². The van der Waals surface area contributed by atoms with Crippen molar-refractivity contribution in [1.82, 2.24) is 4.57 Å². The van der Waals surface area contributed by atoms with Crippen LogP contribution < -0.4 is 10.3 Å². The molecule has 0 aliphatic carbocycles. The lowest BCUT2D eigenvalue weighted by atomic mass is 10.0. The summed E-state index contributed by atoms with van der Waals surface area (Å²) in [4.78, 5) is 24.6. The van der Waals surface area contributed by atoms with Crippen LogP contribution in [0.5, 0.6) is 11.6 Å². The molecule has 0 bridgehead atoms. The van der Waals surface area contributed by atoms with Crippen molar-refractivity contribution in [1.29, 1.82) is 5.26 Å². The number of Topliss-reactive ketones (excluding diaryl/α,β-unsaturated/α-hetero) is 1. The van der Waals surface area contributed by atoms with Crippen LogP contribution in [0.25, 0.3) is 0 Å². The van der Waals surface area contributed by atoms with E-state index in [-0.39, 0.29) is 29.8 Å². The predicted molar refractivity (Wildman–Crippen MR) is 93.5 cm³/mol. The molecule has 6 nitrogen and oxygen atoms in total. The van der Waals surface area contributed by atoms with E-state index in [4.69, 9.17) is 16.3 Å². The van der Waals surface area contributed by atoms with Crippen LogP contribution in [0, 0.1) is 25.2 Å². The Labute approximate surface area is 149 Å². The van der Waals surface area contributed by atoms with E-state index in [2.05, 4.69) is 0 Å². The van der Waals surface area contributed by atoms with Crippen molar-refractivity contribution < 1.29 is 14.6 Å². The maximum atomic E-state index is 12.5. The zero-order chi connectivity index (χ0) is 18.7. The minimum atomic E-state index is -0.620. The molecule has 130 valence electrons. The Bertz CT molecular complexity index is 942. The number of carbonyl (C=O) groups is 1. The van der Waals surface area contributed by atoms with Crippen molar-refractivity contribution in [3.05, 3.63) is 55.8 Å². The van der Waals surface area contributed by atoms with Gasteiger partial charge in [0.05, 0.1) is 5.56 Å². The third-order valence-electron chi connectivity index (χ3n) is 3.89. The highest BCUT2D eigenvalue weighted by molar-refractivity contribution is 6.31. The average molecular weight is 361 g/mol. The zero-order valence-corrected chi connectivity index (χ0v) is 14.8. The van der Waals surface area contributed by atoms with Gasteiger partial charge in [-0.2, -0.15) is 5.26 Å². The number of carbonyl (C=O) groups excluding carboxylic acids is 1. The molecule has 1 aromatic carbocycles. The number of nitrogens with zero attached hydrogens (tertiary/aromatic N) is 2. The van der Waals surface area contributed by atoms with Crippen molar-refractivity contribution in [2.24, 2.45) is 0 Å². The standard InChI is InChI=1S/C18H17ClN2O4/c1-4-21-17(23)13(8-20)11(3)16(18(21)24)15(22)9-25-12-5-6-14(19)10(2)7-12/h5-7,24H,4,9H2,1-3H3. The number of benzene rings is 1. The average Bonchev–Trinajstić information content (AvgIpc) is 2.56. The minimum Gasteiger partial charge on any atom is -0.494 e. The van der Waals surface area contributed by atoms with Crippen molar-refractivity contribution in [3.8, 4) is 17.7 Å². The topological polar surface area (TPSA) is 92.3 Å². The highest BCUT2D eigenvalue weighted by atomic mass is 35.5. The van der Waals surface area contributed by atoms with Crippen molar-refractivity contribution in [2.75, 3.05) is 6.61 Å². The van der Waals surface area contributed by atoms with Gasteiger partial charge in [0.1, 0.15) is 17.4 Å². The zero-order valence-electron chi connectivity index (χ0n) is 14.1. The molecule has 25 heavy (non-hydrogen) atoms. The number of hydrogen-bond donors (Lipinski definition) is 1. The number of aromatic nitrogens is 1. The number of aryl methyl sites for hydroxylation is 1. The van der Waals surface area contributed by atoms with Crippen LogP contribution in [-0.4, -0.2) is 22.1 Å². The molecule has 0 saturated carbocycles. The monoisotopic (exact) mass is 360 g/mol. The fourth-order valence-electron chi connectivity index (χ4n) is 2.51. The summed E-state index contributed by atoms with van der Waals surface area (Å²) in [5.74, 6) is -0.525. The number of nitriles is 1. The maximum Gasteiger partial charge on any atom is 0.271 e. The van der Waals surface area contributed by atoms with Gasteiger partial charge in [0.25, 0.3) is 5.56 Å². The summed E-state index contributed by atoms with van der Waals surface area (Å²) in [6, 6.07) is 6.77. The van der Waals surface area contributed by atoms with Crippen molar-refractivity contribution in [3.63, 3.8) is 0 Å². The van der Waals surface area contributed by atoms with Crippen molar-refractivity contribution in [2.45, 2.75) is 27.3 Å². The maximum absolute atomic E-state index is 12.5. The summed E-state index contributed by atoms with van der Waals surface area (Å²) in [6.45, 7) is 4.70. The molecule has 0 aliphatic rings. The second kappa shape index (κ2) is 7.41. The first-order valence-electron chi connectivity index (χ1n) is 7.60. The smallest absolute Gasteiger partial charge is 0.271 e. The van der Waals surface area contributed by atoms with Gasteiger partial charge in [0.15, 0.2) is 6.61 Å². The predicted octanol–water partition coefficient (Wildman–Crippen LogP) is 2.98. The number of ether oxygens (including phenoxy) is 1. The SMILES string of the molecule is CCn1c(O)c(C(=O)COc2ccc(Cl)c(C)c2)c(C)c(C#N)c1=O. The summed E-state index contributed by atoms with van der Waals surface area (Å²) in [5.41, 5.74) is 0.0901. The second-order valence-electron chi connectivity index (χ2n) is 5.48. The molecule has 0 saturated heterocycles. The van der Waals surface area contributed by atoms with Crippen molar-refractivity contribution >= 4 is 17.4 Å². The Morgan fingerprint density at radius 3 is 2.64 bits per heavy atom. The van der Waals surface area contributed by atoms with Gasteiger partial charge in [-0.15, -0.1) is 0 Å². The van der Waals surface area contributed by atoms with Crippen LogP contribution in [-0.2, 0) is 6.54 Å². The fourth-order valence-corrected chi connectivity index (χ4v) is 2.62. The molecule has 0 spiro atoms. The van der Waals surface area contributed by atoms with Crippen LogP contribution in [0.15, 0.2) is 23.0 Å². The lowest BCUT2D eigenvalue weighted by Gasteiger charge is -2.14. The summed E-state index contributed by atoms with van der Waals surface area (Å²) in [7, 11) is 0. The van der Waals surface area contributed by atoms with Crippen LogP contribution in [0.1, 0.15) is 34.0 Å². The van der Waals surface area contributed by atoms with Gasteiger partial charge in [-0.1, -0.05) is 11.6 Å². The molecule has 0 radical (unpaired) electrons. The van der Waals surface area contributed by atoms with E-state index in [1.54, 1.807) is 31.2 Å². The summed E-state index contributed by atoms with van der Waals surface area (Å²) in [6.07, 6.45) is 0. The molecule has 0 aliphatic heterocycles. The quantitative estimate of drug-likeness (QED) is 0.827. The fraction of sp³-hybridized carbons (Fsp3) is 0.278. The molecule has 1 heterocycles.